The molecule has 1 aromatic carbocycles. The number of nitrogens with one attached hydrogen (secondary N) is 1. The number of amides is 2. The lowest BCUT2D eigenvalue weighted by atomic mass is 9.89. The molecule has 0 radical (unpaired) electrons. The first kappa shape index (κ1) is 22.4. The van der Waals surface area contributed by atoms with E-state index in [2.05, 4.69) is 10.2 Å². The normalized spacial score (nSPS) is 30.2. The minimum Gasteiger partial charge on any atom is -0.489 e. The smallest absolute Gasteiger partial charge is 0.255 e. The van der Waals surface area contributed by atoms with Gasteiger partial charge in [-0.2, -0.15) is 0 Å². The topological polar surface area (TPSA) is 71.1 Å². The lowest BCUT2D eigenvalue weighted by Gasteiger charge is -2.48. The molecule has 6 rings (SSSR count). The predicted molar refractivity (Wildman–Crippen MR) is 131 cm³/mol. The molecule has 0 bridgehead atoms. The molecule has 2 saturated heterocycles. The highest BCUT2D eigenvalue weighted by molar-refractivity contribution is 7.80. The molecule has 8 heteroatoms. The van der Waals surface area contributed by atoms with Gasteiger partial charge in [0.15, 0.2) is 0 Å². The van der Waals surface area contributed by atoms with Crippen LogP contribution in [-0.4, -0.2) is 70.6 Å². The van der Waals surface area contributed by atoms with E-state index in [9.17, 15) is 9.59 Å². The average molecular weight is 484 g/mol. The third-order valence-electron chi connectivity index (χ3n) is 8.06. The zero-order valence-electron chi connectivity index (χ0n) is 19.5. The largest absolute Gasteiger partial charge is 0.489 e. The van der Waals surface area contributed by atoms with Crippen LogP contribution in [0.5, 0.6) is 5.75 Å². The minimum atomic E-state index is -0.221. The molecular formula is C26H33N3O4S. The number of carbonyl (C=O) groups excluding carboxylic acids is 2. The molecule has 34 heavy (non-hydrogen) atoms. The Kier molecular flexibility index (Phi) is 6.07. The third kappa shape index (κ3) is 4.48. The number of benzene rings is 1. The van der Waals surface area contributed by atoms with Gasteiger partial charge in [0.25, 0.3) is 5.91 Å². The van der Waals surface area contributed by atoms with Crippen molar-refractivity contribution in [3.8, 4) is 5.75 Å². The summed E-state index contributed by atoms with van der Waals surface area (Å²) in [6.45, 7) is 3.48. The van der Waals surface area contributed by atoms with Crippen LogP contribution < -0.4 is 10.1 Å². The van der Waals surface area contributed by atoms with E-state index in [0.717, 1.165) is 43.3 Å². The second kappa shape index (κ2) is 9.21. The van der Waals surface area contributed by atoms with Crippen LogP contribution in [-0.2, 0) is 16.1 Å². The van der Waals surface area contributed by atoms with Gasteiger partial charge in [0, 0.05) is 44.3 Å². The molecule has 1 unspecified atom stereocenters. The fraction of sp³-hybridized carbons (Fsp3) is 0.654. The molecule has 3 heterocycles. The quantitative estimate of drug-likeness (QED) is 0.601. The maximum atomic E-state index is 13.0. The van der Waals surface area contributed by atoms with Gasteiger partial charge in [-0.25, -0.2) is 0 Å². The molecule has 0 spiro atoms. The van der Waals surface area contributed by atoms with Crippen molar-refractivity contribution in [3.05, 3.63) is 29.3 Å². The molecule has 4 fully saturated rings. The molecule has 2 aliphatic carbocycles. The zero-order valence-corrected chi connectivity index (χ0v) is 20.4. The Morgan fingerprint density at radius 2 is 1.88 bits per heavy atom. The first-order valence-electron chi connectivity index (χ1n) is 12.8. The fourth-order valence-corrected chi connectivity index (χ4v) is 6.19. The summed E-state index contributed by atoms with van der Waals surface area (Å²) in [4.78, 5) is 29.4. The van der Waals surface area contributed by atoms with Gasteiger partial charge >= 0.3 is 0 Å². The van der Waals surface area contributed by atoms with Crippen LogP contribution in [0.25, 0.3) is 0 Å². The van der Waals surface area contributed by atoms with Crippen LogP contribution in [0.1, 0.15) is 67.3 Å². The van der Waals surface area contributed by atoms with E-state index in [1.54, 1.807) is 4.90 Å². The van der Waals surface area contributed by atoms with E-state index < -0.39 is 0 Å². The Morgan fingerprint density at radius 3 is 2.68 bits per heavy atom. The van der Waals surface area contributed by atoms with E-state index in [-0.39, 0.29) is 24.0 Å². The predicted octanol–water partition coefficient (Wildman–Crippen LogP) is 3.05. The highest BCUT2D eigenvalue weighted by atomic mass is 32.1. The van der Waals surface area contributed by atoms with Crippen molar-refractivity contribution in [2.75, 3.05) is 19.7 Å². The molecule has 182 valence electrons. The van der Waals surface area contributed by atoms with Gasteiger partial charge in [-0.15, -0.1) is 0 Å². The number of thiocarbonyl (C=S) groups is 1. The fourth-order valence-electron chi connectivity index (χ4n) is 5.83. The van der Waals surface area contributed by atoms with Gasteiger partial charge in [0.05, 0.1) is 12.1 Å². The van der Waals surface area contributed by atoms with Crippen molar-refractivity contribution in [2.24, 2.45) is 5.92 Å². The molecule has 1 aromatic rings. The van der Waals surface area contributed by atoms with Crippen molar-refractivity contribution >= 4 is 29.0 Å². The Labute approximate surface area is 206 Å². The Hall–Kier alpha value is -2.03. The summed E-state index contributed by atoms with van der Waals surface area (Å²) >= 11 is 5.37. The van der Waals surface area contributed by atoms with E-state index in [1.165, 1.54) is 32.1 Å². The summed E-state index contributed by atoms with van der Waals surface area (Å²) in [5.74, 6) is 1.58. The molecule has 0 aromatic heterocycles. The van der Waals surface area contributed by atoms with Crippen molar-refractivity contribution in [3.63, 3.8) is 0 Å². The van der Waals surface area contributed by atoms with Gasteiger partial charge in [0.1, 0.15) is 16.8 Å². The maximum Gasteiger partial charge on any atom is 0.255 e. The SMILES string of the molecule is O=C1CCC(N2Cc3cc(O[C@H]4CCCC[C@@H]4N4CC(OCC5CC5)C4)ccc3C2=O)C(=S)N1. The Balaban J connectivity index is 1.09. The van der Waals surface area contributed by atoms with Crippen LogP contribution >= 0.6 is 12.2 Å². The van der Waals surface area contributed by atoms with Gasteiger partial charge in [-0.1, -0.05) is 18.6 Å². The number of carbonyl (C=O) groups is 2. The molecule has 5 aliphatic rings. The van der Waals surface area contributed by atoms with E-state index in [4.69, 9.17) is 21.7 Å². The van der Waals surface area contributed by atoms with Gasteiger partial charge < -0.3 is 19.7 Å². The molecule has 7 nitrogen and oxygen atoms in total. The highest BCUT2D eigenvalue weighted by Crippen LogP contribution is 2.35. The number of hydrogen-bond acceptors (Lipinski definition) is 6. The first-order valence-corrected chi connectivity index (χ1v) is 13.3. The average Bonchev–Trinajstić information content (AvgIpc) is 3.57. The van der Waals surface area contributed by atoms with Crippen LogP contribution in [0.3, 0.4) is 0 Å². The number of piperidine rings is 1. The third-order valence-corrected chi connectivity index (χ3v) is 8.43. The molecule has 1 N–H and O–H groups in total. The van der Waals surface area contributed by atoms with E-state index in [1.807, 2.05) is 18.2 Å². The summed E-state index contributed by atoms with van der Waals surface area (Å²) in [6, 6.07) is 6.07. The van der Waals surface area contributed by atoms with Crippen molar-refractivity contribution in [1.82, 2.24) is 15.1 Å². The van der Waals surface area contributed by atoms with E-state index >= 15 is 0 Å². The molecular weight excluding hydrogens is 450 g/mol. The van der Waals surface area contributed by atoms with Crippen molar-refractivity contribution in [1.29, 1.82) is 0 Å². The maximum absolute atomic E-state index is 13.0. The van der Waals surface area contributed by atoms with Crippen molar-refractivity contribution in [2.45, 2.75) is 82.2 Å². The first-order chi connectivity index (χ1) is 16.5. The summed E-state index contributed by atoms with van der Waals surface area (Å²) < 4.78 is 12.6. The number of rotatable bonds is 7. The standard InChI is InChI=1S/C26H33N3O4S/c30-24-10-9-22(25(34)27-24)29-12-17-11-18(7-8-20(17)26(29)31)33-23-4-2-1-3-21(23)28-13-19(14-28)32-15-16-5-6-16/h7-8,11,16,19,21-23H,1-6,9-10,12-15H2,(H,27,30,34)/t21-,22?,23-/m0/s1. The number of ether oxygens (including phenoxy) is 2. The number of nitrogens with zero attached hydrogens (tertiary/aromatic N) is 2. The van der Waals surface area contributed by atoms with Gasteiger partial charge in [-0.3, -0.25) is 14.5 Å². The van der Waals surface area contributed by atoms with Crippen LogP contribution in [0.4, 0.5) is 0 Å². The summed E-state index contributed by atoms with van der Waals surface area (Å²) in [5, 5.41) is 2.73. The lowest BCUT2D eigenvalue weighted by molar-refractivity contribution is -0.120. The minimum absolute atomic E-state index is 0.0154. The lowest BCUT2D eigenvalue weighted by Crippen LogP contribution is -2.61. The number of fused-ring (bicyclic) bond motifs is 1. The summed E-state index contributed by atoms with van der Waals surface area (Å²) in [7, 11) is 0. The van der Waals surface area contributed by atoms with Crippen LogP contribution in [0.2, 0.25) is 0 Å². The van der Waals surface area contributed by atoms with Gasteiger partial charge in [0.2, 0.25) is 5.91 Å². The Morgan fingerprint density at radius 1 is 1.06 bits per heavy atom. The van der Waals surface area contributed by atoms with Gasteiger partial charge in [-0.05, 0) is 68.2 Å². The highest BCUT2D eigenvalue weighted by Gasteiger charge is 2.41. The van der Waals surface area contributed by atoms with E-state index in [0.29, 0.717) is 42.1 Å². The molecule has 3 atom stereocenters. The van der Waals surface area contributed by atoms with Crippen LogP contribution in [0, 0.1) is 5.92 Å². The molecule has 2 saturated carbocycles. The number of likely N-dealkylation sites (tertiary alicyclic amines) is 1. The Bertz CT molecular complexity index is 990. The molecule has 3 aliphatic heterocycles. The summed E-state index contributed by atoms with van der Waals surface area (Å²) in [6.07, 6.45) is 8.88. The second-order valence-electron chi connectivity index (χ2n) is 10.6. The molecule has 2 amide bonds. The monoisotopic (exact) mass is 483 g/mol. The zero-order chi connectivity index (χ0) is 23.2. The van der Waals surface area contributed by atoms with Crippen LogP contribution in [0.15, 0.2) is 18.2 Å². The van der Waals surface area contributed by atoms with Crippen molar-refractivity contribution < 1.29 is 19.1 Å². The summed E-state index contributed by atoms with van der Waals surface area (Å²) in [5.41, 5.74) is 1.69. The number of hydrogen-bond donors (Lipinski definition) is 1. The second-order valence-corrected chi connectivity index (χ2v) is 11.0.